The van der Waals surface area contributed by atoms with Gasteiger partial charge in [0.2, 0.25) is 0 Å². The number of pyridine rings is 1. The van der Waals surface area contributed by atoms with Crippen molar-refractivity contribution in [2.75, 3.05) is 43.5 Å². The summed E-state index contributed by atoms with van der Waals surface area (Å²) < 4.78 is 32.8. The Kier molecular flexibility index (Phi) is 4.97. The van der Waals surface area contributed by atoms with Crippen molar-refractivity contribution >= 4 is 17.5 Å². The average Bonchev–Trinajstić information content (AvgIpc) is 2.64. The van der Waals surface area contributed by atoms with Gasteiger partial charge in [-0.05, 0) is 24.3 Å². The highest BCUT2D eigenvalue weighted by Gasteiger charge is 2.24. The highest BCUT2D eigenvalue weighted by Crippen LogP contribution is 2.24. The second-order valence-corrected chi connectivity index (χ2v) is 5.53. The molecule has 1 aromatic heterocycles. The first-order valence-corrected chi connectivity index (χ1v) is 7.84. The van der Waals surface area contributed by atoms with E-state index in [1.54, 1.807) is 15.9 Å². The molecule has 6 nitrogen and oxygen atoms in total. The van der Waals surface area contributed by atoms with E-state index in [0.29, 0.717) is 26.2 Å². The van der Waals surface area contributed by atoms with Gasteiger partial charge in [0, 0.05) is 32.4 Å². The van der Waals surface area contributed by atoms with Crippen molar-refractivity contribution in [3.8, 4) is 5.75 Å². The number of amides is 2. The maximum absolute atomic E-state index is 14.1. The van der Waals surface area contributed by atoms with Gasteiger partial charge >= 0.3 is 6.03 Å². The number of rotatable bonds is 3. The number of aromatic nitrogens is 1. The van der Waals surface area contributed by atoms with Gasteiger partial charge in [-0.2, -0.15) is 0 Å². The molecule has 1 aliphatic rings. The van der Waals surface area contributed by atoms with Crippen LogP contribution in [-0.4, -0.2) is 49.2 Å². The predicted molar refractivity (Wildman–Crippen MR) is 90.0 cm³/mol. The largest absolute Gasteiger partial charge is 0.494 e. The highest BCUT2D eigenvalue weighted by atomic mass is 19.1. The summed E-state index contributed by atoms with van der Waals surface area (Å²) in [7, 11) is 1.36. The molecule has 2 amide bonds. The molecule has 0 unspecified atom stereocenters. The van der Waals surface area contributed by atoms with Crippen LogP contribution in [0, 0.1) is 11.6 Å². The number of hydrogen-bond acceptors (Lipinski definition) is 4. The number of benzene rings is 1. The molecule has 1 aliphatic heterocycles. The second kappa shape index (κ2) is 7.33. The van der Waals surface area contributed by atoms with Crippen molar-refractivity contribution in [2.24, 2.45) is 0 Å². The zero-order chi connectivity index (χ0) is 17.8. The van der Waals surface area contributed by atoms with Gasteiger partial charge in [0.15, 0.2) is 23.2 Å². The fraction of sp³-hybridized carbons (Fsp3) is 0.294. The Labute approximate surface area is 144 Å². The van der Waals surface area contributed by atoms with Gasteiger partial charge in [0.05, 0.1) is 12.8 Å². The fourth-order valence-corrected chi connectivity index (χ4v) is 2.69. The number of anilines is 2. The minimum Gasteiger partial charge on any atom is -0.494 e. The van der Waals surface area contributed by atoms with Crippen LogP contribution >= 0.6 is 0 Å². The molecule has 25 heavy (non-hydrogen) atoms. The molecule has 0 aliphatic carbocycles. The summed E-state index contributed by atoms with van der Waals surface area (Å²) in [5.41, 5.74) is 0.0579. The van der Waals surface area contributed by atoms with Gasteiger partial charge in [-0.3, -0.25) is 0 Å². The third-order valence-electron chi connectivity index (χ3n) is 4.03. The van der Waals surface area contributed by atoms with E-state index in [9.17, 15) is 13.6 Å². The summed E-state index contributed by atoms with van der Waals surface area (Å²) in [4.78, 5) is 19.7. The van der Waals surface area contributed by atoms with Crippen LogP contribution in [-0.2, 0) is 0 Å². The zero-order valence-corrected chi connectivity index (χ0v) is 13.7. The molecule has 0 spiro atoms. The van der Waals surface area contributed by atoms with Crippen LogP contribution in [0.1, 0.15) is 0 Å². The van der Waals surface area contributed by atoms with E-state index in [-0.39, 0.29) is 23.1 Å². The van der Waals surface area contributed by atoms with Gasteiger partial charge in [-0.25, -0.2) is 18.6 Å². The Morgan fingerprint density at radius 3 is 2.60 bits per heavy atom. The molecule has 1 fully saturated rings. The minimum absolute atomic E-state index is 0.0579. The zero-order valence-electron chi connectivity index (χ0n) is 13.7. The van der Waals surface area contributed by atoms with Gasteiger partial charge < -0.3 is 19.9 Å². The molecule has 8 heteroatoms. The Bertz CT molecular complexity index is 764. The summed E-state index contributed by atoms with van der Waals surface area (Å²) >= 11 is 0. The molecular formula is C17H18F2N4O2. The lowest BCUT2D eigenvalue weighted by atomic mass is 10.2. The number of piperazine rings is 1. The number of methoxy groups -OCH3 is 1. The molecule has 2 aromatic rings. The molecule has 0 atom stereocenters. The van der Waals surface area contributed by atoms with E-state index in [0.717, 1.165) is 0 Å². The highest BCUT2D eigenvalue weighted by molar-refractivity contribution is 5.89. The maximum Gasteiger partial charge on any atom is 0.322 e. The van der Waals surface area contributed by atoms with Crippen LogP contribution in [0.25, 0.3) is 0 Å². The molecular weight excluding hydrogens is 330 g/mol. The maximum atomic E-state index is 14.1. The van der Waals surface area contributed by atoms with Gasteiger partial charge in [-0.1, -0.05) is 6.07 Å². The number of hydrogen-bond donors (Lipinski definition) is 1. The predicted octanol–water partition coefficient (Wildman–Crippen LogP) is 2.72. The minimum atomic E-state index is -0.618. The van der Waals surface area contributed by atoms with Crippen LogP contribution in [0.3, 0.4) is 0 Å². The van der Waals surface area contributed by atoms with Crippen molar-refractivity contribution in [1.29, 1.82) is 0 Å². The smallest absolute Gasteiger partial charge is 0.322 e. The lowest BCUT2D eigenvalue weighted by Gasteiger charge is -2.35. The van der Waals surface area contributed by atoms with Gasteiger partial charge in [0.1, 0.15) is 0 Å². The molecule has 132 valence electrons. The summed E-state index contributed by atoms with van der Waals surface area (Å²) in [5.74, 6) is -0.666. The average molecular weight is 348 g/mol. The number of nitrogens with one attached hydrogen (secondary N) is 1. The van der Waals surface area contributed by atoms with Crippen molar-refractivity contribution in [3.63, 3.8) is 0 Å². The Morgan fingerprint density at radius 2 is 1.92 bits per heavy atom. The SMILES string of the molecule is COc1cccc(NC(=O)N2CCN(c3ncccc3F)CC2)c1F. The number of halogens is 2. The molecule has 1 aromatic carbocycles. The van der Waals surface area contributed by atoms with Gasteiger partial charge in [0.25, 0.3) is 0 Å². The molecule has 0 saturated carbocycles. The standard InChI is InChI=1S/C17H18F2N4O2/c1-25-14-6-2-5-13(15(14)19)21-17(24)23-10-8-22(9-11-23)16-12(18)4-3-7-20-16/h2-7H,8-11H2,1H3,(H,21,24). The van der Waals surface area contributed by atoms with Crippen molar-refractivity contribution in [1.82, 2.24) is 9.88 Å². The van der Waals surface area contributed by atoms with E-state index in [1.807, 2.05) is 0 Å². The fourth-order valence-electron chi connectivity index (χ4n) is 2.69. The molecule has 3 rings (SSSR count). The summed E-state index contributed by atoms with van der Waals surface area (Å²) in [5, 5.41) is 2.54. The molecule has 2 heterocycles. The normalized spacial score (nSPS) is 14.4. The van der Waals surface area contributed by atoms with E-state index < -0.39 is 11.8 Å². The number of ether oxygens (including phenoxy) is 1. The van der Waals surface area contributed by atoms with Crippen LogP contribution in [0.15, 0.2) is 36.5 Å². The summed E-state index contributed by atoms with van der Waals surface area (Å²) in [6.07, 6.45) is 1.53. The number of nitrogens with zero attached hydrogens (tertiary/aromatic N) is 3. The molecule has 1 N–H and O–H groups in total. The number of carbonyl (C=O) groups is 1. The Hall–Kier alpha value is -2.90. The number of urea groups is 1. The molecule has 1 saturated heterocycles. The second-order valence-electron chi connectivity index (χ2n) is 5.53. The topological polar surface area (TPSA) is 57.7 Å². The first-order chi connectivity index (χ1) is 12.1. The van der Waals surface area contributed by atoms with Crippen molar-refractivity contribution in [2.45, 2.75) is 0 Å². The molecule has 0 bridgehead atoms. The van der Waals surface area contributed by atoms with Crippen molar-refractivity contribution < 1.29 is 18.3 Å². The number of carbonyl (C=O) groups excluding carboxylic acids is 1. The van der Waals surface area contributed by atoms with E-state index in [1.165, 1.54) is 37.6 Å². The lowest BCUT2D eigenvalue weighted by molar-refractivity contribution is 0.208. The van der Waals surface area contributed by atoms with Crippen molar-refractivity contribution in [3.05, 3.63) is 48.2 Å². The quantitative estimate of drug-likeness (QED) is 0.927. The third kappa shape index (κ3) is 3.62. The summed E-state index contributed by atoms with van der Waals surface area (Å²) in [6.45, 7) is 1.66. The Balaban J connectivity index is 1.62. The van der Waals surface area contributed by atoms with Gasteiger partial charge in [-0.15, -0.1) is 0 Å². The van der Waals surface area contributed by atoms with Crippen LogP contribution < -0.4 is 15.0 Å². The summed E-state index contributed by atoms with van der Waals surface area (Å²) in [6, 6.07) is 7.02. The van der Waals surface area contributed by atoms with Crippen LogP contribution in [0.4, 0.5) is 25.1 Å². The third-order valence-corrected chi connectivity index (χ3v) is 4.03. The van der Waals surface area contributed by atoms with E-state index in [2.05, 4.69) is 10.3 Å². The lowest BCUT2D eigenvalue weighted by Crippen LogP contribution is -2.50. The van der Waals surface area contributed by atoms with E-state index in [4.69, 9.17) is 4.74 Å². The van der Waals surface area contributed by atoms with Crippen LogP contribution in [0.5, 0.6) is 5.75 Å². The first-order valence-electron chi connectivity index (χ1n) is 7.84. The van der Waals surface area contributed by atoms with Crippen LogP contribution in [0.2, 0.25) is 0 Å². The van der Waals surface area contributed by atoms with E-state index >= 15 is 0 Å². The Morgan fingerprint density at radius 1 is 1.16 bits per heavy atom. The molecule has 0 radical (unpaired) electrons. The monoisotopic (exact) mass is 348 g/mol. The first kappa shape index (κ1) is 16.9.